The third-order valence-electron chi connectivity index (χ3n) is 2.39. The molecule has 2 rings (SSSR count). The highest BCUT2D eigenvalue weighted by atomic mass is 79.9. The van der Waals surface area contributed by atoms with Crippen molar-refractivity contribution in [3.63, 3.8) is 0 Å². The van der Waals surface area contributed by atoms with Gasteiger partial charge in [-0.15, -0.1) is 0 Å². The van der Waals surface area contributed by atoms with Gasteiger partial charge in [-0.2, -0.15) is 0 Å². The van der Waals surface area contributed by atoms with Crippen molar-refractivity contribution in [3.05, 3.63) is 46.7 Å². The molecule has 0 unspecified atom stereocenters. The maximum atomic E-state index is 12.9. The van der Waals surface area contributed by atoms with Gasteiger partial charge in [0, 0.05) is 12.6 Å². The number of ether oxygens (including phenoxy) is 1. The first-order valence-corrected chi connectivity index (χ1v) is 6.08. The minimum absolute atomic E-state index is 0.298. The second kappa shape index (κ2) is 5.31. The molecule has 0 fully saturated rings. The molecule has 0 aliphatic carbocycles. The Kier molecular flexibility index (Phi) is 3.78. The van der Waals surface area contributed by atoms with Gasteiger partial charge in [-0.25, -0.2) is 9.37 Å². The topological polar surface area (TPSA) is 27.1 Å². The first kappa shape index (κ1) is 12.1. The Morgan fingerprint density at radius 3 is 3.00 bits per heavy atom. The number of rotatable bonds is 4. The van der Waals surface area contributed by atoms with Crippen LogP contribution in [0.1, 0.15) is 12.6 Å². The van der Waals surface area contributed by atoms with Crippen molar-refractivity contribution < 1.29 is 9.13 Å². The van der Waals surface area contributed by atoms with Crippen LogP contribution in [0.2, 0.25) is 0 Å². The molecule has 0 saturated carbocycles. The Labute approximate surface area is 107 Å². The molecule has 0 amide bonds. The lowest BCUT2D eigenvalue weighted by Crippen LogP contribution is -2.04. The zero-order chi connectivity index (χ0) is 12.3. The van der Waals surface area contributed by atoms with Crippen LogP contribution in [-0.2, 0) is 13.2 Å². The van der Waals surface area contributed by atoms with Crippen molar-refractivity contribution in [2.24, 2.45) is 0 Å². The molecule has 0 aliphatic rings. The maximum absolute atomic E-state index is 12.9. The van der Waals surface area contributed by atoms with E-state index in [2.05, 4.69) is 20.9 Å². The van der Waals surface area contributed by atoms with Crippen LogP contribution in [0.3, 0.4) is 0 Å². The van der Waals surface area contributed by atoms with Crippen molar-refractivity contribution in [1.82, 2.24) is 9.55 Å². The van der Waals surface area contributed by atoms with Crippen LogP contribution in [0.25, 0.3) is 0 Å². The molecule has 0 aliphatic heterocycles. The van der Waals surface area contributed by atoms with E-state index in [0.717, 1.165) is 17.0 Å². The van der Waals surface area contributed by atoms with Gasteiger partial charge in [0.2, 0.25) is 0 Å². The zero-order valence-electron chi connectivity index (χ0n) is 9.36. The molecule has 1 heterocycles. The fraction of sp³-hybridized carbons (Fsp3) is 0.250. The van der Waals surface area contributed by atoms with Crippen molar-refractivity contribution in [2.45, 2.75) is 20.1 Å². The van der Waals surface area contributed by atoms with Crippen LogP contribution in [0, 0.1) is 5.82 Å². The Morgan fingerprint density at radius 2 is 2.29 bits per heavy atom. The van der Waals surface area contributed by atoms with Crippen LogP contribution in [0.15, 0.2) is 35.2 Å². The molecule has 0 N–H and O–H groups in total. The molecule has 0 bridgehead atoms. The lowest BCUT2D eigenvalue weighted by molar-refractivity contribution is 0.293. The molecule has 90 valence electrons. The fourth-order valence-corrected chi connectivity index (χ4v) is 2.13. The zero-order valence-corrected chi connectivity index (χ0v) is 10.9. The molecular formula is C12H12BrFN2O. The monoisotopic (exact) mass is 298 g/mol. The van der Waals surface area contributed by atoms with E-state index in [0.29, 0.717) is 12.4 Å². The van der Waals surface area contributed by atoms with Crippen LogP contribution >= 0.6 is 15.9 Å². The van der Waals surface area contributed by atoms with Crippen molar-refractivity contribution >= 4 is 15.9 Å². The van der Waals surface area contributed by atoms with Gasteiger partial charge in [-0.05, 0) is 35.0 Å². The number of halogens is 2. The average Bonchev–Trinajstić information content (AvgIpc) is 2.67. The Balaban J connectivity index is 2.07. The van der Waals surface area contributed by atoms with Crippen molar-refractivity contribution in [1.29, 1.82) is 0 Å². The second-order valence-corrected chi connectivity index (χ2v) is 4.22. The van der Waals surface area contributed by atoms with Gasteiger partial charge in [0.15, 0.2) is 4.73 Å². The fourth-order valence-electron chi connectivity index (χ4n) is 1.55. The second-order valence-electron chi connectivity index (χ2n) is 3.51. The Hall–Kier alpha value is -1.36. The summed E-state index contributed by atoms with van der Waals surface area (Å²) in [5, 5.41) is 0. The summed E-state index contributed by atoms with van der Waals surface area (Å²) in [6.07, 6.45) is 1.74. The SMILES string of the molecule is CCn1c(COc2cccc(F)c2)cnc1Br. The first-order valence-electron chi connectivity index (χ1n) is 5.29. The largest absolute Gasteiger partial charge is 0.487 e. The summed E-state index contributed by atoms with van der Waals surface area (Å²) in [5.74, 6) is 0.220. The smallest absolute Gasteiger partial charge is 0.177 e. The quantitative estimate of drug-likeness (QED) is 0.865. The highest BCUT2D eigenvalue weighted by molar-refractivity contribution is 9.10. The van der Waals surface area contributed by atoms with Gasteiger partial charge >= 0.3 is 0 Å². The molecule has 0 atom stereocenters. The van der Waals surface area contributed by atoms with E-state index in [1.165, 1.54) is 12.1 Å². The molecule has 3 nitrogen and oxygen atoms in total. The molecule has 5 heteroatoms. The molecular weight excluding hydrogens is 287 g/mol. The average molecular weight is 299 g/mol. The number of benzene rings is 1. The molecule has 2 aromatic rings. The van der Waals surface area contributed by atoms with E-state index in [1.807, 2.05) is 11.5 Å². The van der Waals surface area contributed by atoms with Crippen molar-refractivity contribution in [2.75, 3.05) is 0 Å². The normalized spacial score (nSPS) is 10.5. The highest BCUT2D eigenvalue weighted by Gasteiger charge is 2.06. The number of aromatic nitrogens is 2. The first-order chi connectivity index (χ1) is 8.20. The van der Waals surface area contributed by atoms with Crippen LogP contribution < -0.4 is 4.74 Å². The van der Waals surface area contributed by atoms with Crippen LogP contribution in [0.4, 0.5) is 4.39 Å². The number of hydrogen-bond acceptors (Lipinski definition) is 2. The third kappa shape index (κ3) is 2.85. The number of nitrogens with zero attached hydrogens (tertiary/aromatic N) is 2. The molecule has 1 aromatic carbocycles. The van der Waals surface area contributed by atoms with E-state index in [1.54, 1.807) is 18.3 Å². The maximum Gasteiger partial charge on any atom is 0.177 e. The third-order valence-corrected chi connectivity index (χ3v) is 3.02. The minimum atomic E-state index is -0.298. The van der Waals surface area contributed by atoms with Gasteiger partial charge in [-0.3, -0.25) is 0 Å². The van der Waals surface area contributed by atoms with E-state index < -0.39 is 0 Å². The summed E-state index contributed by atoms with van der Waals surface area (Å²) in [7, 11) is 0. The lowest BCUT2D eigenvalue weighted by Gasteiger charge is -2.08. The van der Waals surface area contributed by atoms with Gasteiger partial charge in [0.1, 0.15) is 18.2 Å². The van der Waals surface area contributed by atoms with Crippen molar-refractivity contribution in [3.8, 4) is 5.75 Å². The molecule has 0 radical (unpaired) electrons. The molecule has 0 spiro atoms. The predicted octanol–water partition coefficient (Wildman–Crippen LogP) is 3.38. The standard InChI is InChI=1S/C12H12BrFN2O/c1-2-16-10(7-15-12(16)13)8-17-11-5-3-4-9(14)6-11/h3-7H,2,8H2,1H3. The lowest BCUT2D eigenvalue weighted by atomic mass is 10.3. The summed E-state index contributed by atoms with van der Waals surface area (Å²) in [6.45, 7) is 3.20. The summed E-state index contributed by atoms with van der Waals surface area (Å²) >= 11 is 3.35. The predicted molar refractivity (Wildman–Crippen MR) is 66.3 cm³/mol. The van der Waals surface area contributed by atoms with Gasteiger partial charge in [0.25, 0.3) is 0 Å². The summed E-state index contributed by atoms with van der Waals surface area (Å²) < 4.78 is 21.2. The molecule has 17 heavy (non-hydrogen) atoms. The highest BCUT2D eigenvalue weighted by Crippen LogP contribution is 2.16. The summed E-state index contributed by atoms with van der Waals surface area (Å²) in [4.78, 5) is 4.14. The van der Waals surface area contributed by atoms with Gasteiger partial charge < -0.3 is 9.30 Å². The van der Waals surface area contributed by atoms with E-state index in [-0.39, 0.29) is 5.82 Å². The Bertz CT molecular complexity index is 513. The summed E-state index contributed by atoms with van der Waals surface area (Å²) in [6, 6.07) is 6.10. The van der Waals surface area contributed by atoms with Crippen LogP contribution in [-0.4, -0.2) is 9.55 Å². The van der Waals surface area contributed by atoms with E-state index in [9.17, 15) is 4.39 Å². The van der Waals surface area contributed by atoms with Gasteiger partial charge in [-0.1, -0.05) is 6.07 Å². The molecule has 0 saturated heterocycles. The minimum Gasteiger partial charge on any atom is -0.487 e. The van der Waals surface area contributed by atoms with E-state index >= 15 is 0 Å². The van der Waals surface area contributed by atoms with E-state index in [4.69, 9.17) is 4.74 Å². The van der Waals surface area contributed by atoms with Crippen LogP contribution in [0.5, 0.6) is 5.75 Å². The number of hydrogen-bond donors (Lipinski definition) is 0. The number of imidazole rings is 1. The summed E-state index contributed by atoms with van der Waals surface area (Å²) in [5.41, 5.74) is 0.948. The molecule has 1 aromatic heterocycles. The Morgan fingerprint density at radius 1 is 1.47 bits per heavy atom. The van der Waals surface area contributed by atoms with Gasteiger partial charge in [0.05, 0.1) is 11.9 Å².